The molecule has 0 spiro atoms. The van der Waals surface area contributed by atoms with Gasteiger partial charge in [0, 0.05) is 32.2 Å². The number of carbonyl (C=O) groups excluding carboxylic acids is 1. The Balaban J connectivity index is 1.96. The van der Waals surface area contributed by atoms with Gasteiger partial charge in [-0.15, -0.1) is 0 Å². The van der Waals surface area contributed by atoms with Gasteiger partial charge in [-0.1, -0.05) is 12.1 Å². The van der Waals surface area contributed by atoms with Crippen LogP contribution in [0.3, 0.4) is 0 Å². The van der Waals surface area contributed by atoms with E-state index in [1.165, 1.54) is 12.1 Å². The van der Waals surface area contributed by atoms with E-state index in [2.05, 4.69) is 10.3 Å². The van der Waals surface area contributed by atoms with Gasteiger partial charge in [0.1, 0.15) is 23.4 Å². The SMILES string of the molecule is Cc1ccc(C(=O)N[C@@H](c2ccc(F)cc2)c2nccn2C)n1C. The van der Waals surface area contributed by atoms with Gasteiger partial charge in [0.2, 0.25) is 0 Å². The van der Waals surface area contributed by atoms with Crippen LogP contribution in [-0.2, 0) is 14.1 Å². The minimum atomic E-state index is -0.465. The van der Waals surface area contributed by atoms with Crippen LogP contribution >= 0.6 is 0 Å². The molecule has 1 amide bonds. The molecular weight excluding hydrogens is 307 g/mol. The van der Waals surface area contributed by atoms with Gasteiger partial charge in [-0.05, 0) is 36.8 Å². The van der Waals surface area contributed by atoms with Crippen molar-refractivity contribution in [2.75, 3.05) is 0 Å². The van der Waals surface area contributed by atoms with E-state index >= 15 is 0 Å². The maximum absolute atomic E-state index is 13.2. The van der Waals surface area contributed by atoms with Crippen molar-refractivity contribution >= 4 is 5.91 Å². The first-order valence-electron chi connectivity index (χ1n) is 7.63. The Kier molecular flexibility index (Phi) is 4.20. The topological polar surface area (TPSA) is 51.9 Å². The molecule has 0 unspecified atom stereocenters. The van der Waals surface area contributed by atoms with Crippen LogP contribution in [-0.4, -0.2) is 20.0 Å². The second-order valence-corrected chi connectivity index (χ2v) is 5.77. The maximum atomic E-state index is 13.2. The summed E-state index contributed by atoms with van der Waals surface area (Å²) in [6.07, 6.45) is 3.48. The van der Waals surface area contributed by atoms with Crippen LogP contribution in [0.25, 0.3) is 0 Å². The number of rotatable bonds is 4. The molecule has 0 bridgehead atoms. The lowest BCUT2D eigenvalue weighted by Gasteiger charge is -2.19. The molecule has 24 heavy (non-hydrogen) atoms. The lowest BCUT2D eigenvalue weighted by molar-refractivity contribution is 0.0932. The van der Waals surface area contributed by atoms with Crippen molar-refractivity contribution in [2.45, 2.75) is 13.0 Å². The Labute approximate surface area is 139 Å². The molecule has 1 aromatic carbocycles. The van der Waals surface area contributed by atoms with Gasteiger partial charge in [-0.3, -0.25) is 4.79 Å². The molecule has 124 valence electrons. The highest BCUT2D eigenvalue weighted by Gasteiger charge is 2.22. The highest BCUT2D eigenvalue weighted by molar-refractivity contribution is 5.93. The first kappa shape index (κ1) is 16.0. The fourth-order valence-corrected chi connectivity index (χ4v) is 2.65. The quantitative estimate of drug-likeness (QED) is 0.801. The number of nitrogens with zero attached hydrogens (tertiary/aromatic N) is 3. The summed E-state index contributed by atoms with van der Waals surface area (Å²) in [5.74, 6) is 0.158. The van der Waals surface area contributed by atoms with E-state index in [-0.39, 0.29) is 11.7 Å². The standard InChI is InChI=1S/C18H19FN4O/c1-12-4-9-15(23(12)3)18(24)21-16(17-20-10-11-22(17)2)13-5-7-14(19)8-6-13/h4-11,16H,1-3H3,(H,21,24)/t16-/m0/s1. The summed E-state index contributed by atoms with van der Waals surface area (Å²) in [4.78, 5) is 17.0. The zero-order valence-corrected chi connectivity index (χ0v) is 13.8. The minimum absolute atomic E-state index is 0.206. The van der Waals surface area contributed by atoms with E-state index in [4.69, 9.17) is 0 Å². The summed E-state index contributed by atoms with van der Waals surface area (Å²) in [5.41, 5.74) is 2.33. The second-order valence-electron chi connectivity index (χ2n) is 5.77. The number of benzene rings is 1. The largest absolute Gasteiger partial charge is 0.344 e. The number of aromatic nitrogens is 3. The molecule has 0 saturated carbocycles. The molecule has 1 atom stereocenters. The normalized spacial score (nSPS) is 12.2. The molecule has 0 aliphatic rings. The number of halogens is 1. The third-order valence-electron chi connectivity index (χ3n) is 4.20. The molecule has 0 radical (unpaired) electrons. The number of amides is 1. The van der Waals surface area contributed by atoms with Crippen molar-refractivity contribution in [3.05, 3.63) is 77.4 Å². The van der Waals surface area contributed by atoms with E-state index in [9.17, 15) is 9.18 Å². The molecule has 1 N–H and O–H groups in total. The van der Waals surface area contributed by atoms with Crippen molar-refractivity contribution in [1.82, 2.24) is 19.4 Å². The molecule has 6 heteroatoms. The van der Waals surface area contributed by atoms with Crippen LogP contribution in [0.4, 0.5) is 4.39 Å². The lowest BCUT2D eigenvalue weighted by Crippen LogP contribution is -2.32. The van der Waals surface area contributed by atoms with E-state index in [0.29, 0.717) is 11.5 Å². The summed E-state index contributed by atoms with van der Waals surface area (Å²) in [6.45, 7) is 1.94. The Bertz CT molecular complexity index is 864. The van der Waals surface area contributed by atoms with E-state index < -0.39 is 6.04 Å². The van der Waals surface area contributed by atoms with Crippen molar-refractivity contribution in [1.29, 1.82) is 0 Å². The molecule has 2 aromatic heterocycles. The van der Waals surface area contributed by atoms with Gasteiger partial charge in [0.05, 0.1) is 0 Å². The van der Waals surface area contributed by atoms with Crippen molar-refractivity contribution < 1.29 is 9.18 Å². The highest BCUT2D eigenvalue weighted by atomic mass is 19.1. The zero-order chi connectivity index (χ0) is 17.3. The van der Waals surface area contributed by atoms with E-state index in [1.807, 2.05) is 42.4 Å². The predicted molar refractivity (Wildman–Crippen MR) is 89.1 cm³/mol. The Morgan fingerprint density at radius 1 is 1.17 bits per heavy atom. The first-order chi connectivity index (χ1) is 11.5. The van der Waals surface area contributed by atoms with Gasteiger partial charge in [0.25, 0.3) is 5.91 Å². The number of hydrogen-bond acceptors (Lipinski definition) is 2. The average Bonchev–Trinajstić information content (AvgIpc) is 3.12. The molecule has 3 rings (SSSR count). The van der Waals surface area contributed by atoms with Crippen molar-refractivity contribution in [3.8, 4) is 0 Å². The van der Waals surface area contributed by atoms with Crippen LogP contribution in [0.2, 0.25) is 0 Å². The number of imidazole rings is 1. The van der Waals surface area contributed by atoms with Crippen LogP contribution in [0.1, 0.15) is 33.6 Å². The Morgan fingerprint density at radius 3 is 2.42 bits per heavy atom. The summed E-state index contributed by atoms with van der Waals surface area (Å²) in [5, 5.41) is 3.00. The maximum Gasteiger partial charge on any atom is 0.268 e. The van der Waals surface area contributed by atoms with Gasteiger partial charge < -0.3 is 14.5 Å². The molecule has 0 aliphatic carbocycles. The number of nitrogens with one attached hydrogen (secondary N) is 1. The fourth-order valence-electron chi connectivity index (χ4n) is 2.65. The Morgan fingerprint density at radius 2 is 1.88 bits per heavy atom. The van der Waals surface area contributed by atoms with Crippen molar-refractivity contribution in [3.63, 3.8) is 0 Å². The summed E-state index contributed by atoms with van der Waals surface area (Å²) in [7, 11) is 3.70. The molecule has 0 aliphatic heterocycles. The molecule has 0 fully saturated rings. The monoisotopic (exact) mass is 326 g/mol. The number of aryl methyl sites for hydroxylation is 2. The zero-order valence-electron chi connectivity index (χ0n) is 13.8. The molecule has 0 saturated heterocycles. The summed E-state index contributed by atoms with van der Waals surface area (Å²) >= 11 is 0. The van der Waals surface area contributed by atoms with Crippen LogP contribution in [0.15, 0.2) is 48.8 Å². The Hall–Kier alpha value is -2.89. The lowest BCUT2D eigenvalue weighted by atomic mass is 10.1. The van der Waals surface area contributed by atoms with Crippen molar-refractivity contribution in [2.24, 2.45) is 14.1 Å². The fraction of sp³-hybridized carbons (Fsp3) is 0.222. The smallest absolute Gasteiger partial charge is 0.268 e. The molecular formula is C18H19FN4O. The van der Waals surface area contributed by atoms with Gasteiger partial charge in [0.15, 0.2) is 0 Å². The third-order valence-corrected chi connectivity index (χ3v) is 4.20. The van der Waals surface area contributed by atoms with Gasteiger partial charge >= 0.3 is 0 Å². The molecule has 3 aromatic rings. The highest BCUT2D eigenvalue weighted by Crippen LogP contribution is 2.21. The number of carbonyl (C=O) groups is 1. The van der Waals surface area contributed by atoms with Crippen LogP contribution in [0.5, 0.6) is 0 Å². The summed E-state index contributed by atoms with van der Waals surface area (Å²) in [6, 6.07) is 9.28. The minimum Gasteiger partial charge on any atom is -0.344 e. The van der Waals surface area contributed by atoms with Crippen LogP contribution in [0, 0.1) is 12.7 Å². The number of hydrogen-bond donors (Lipinski definition) is 1. The van der Waals surface area contributed by atoms with E-state index in [1.54, 1.807) is 24.4 Å². The van der Waals surface area contributed by atoms with Gasteiger partial charge in [-0.25, -0.2) is 9.37 Å². The summed E-state index contributed by atoms with van der Waals surface area (Å²) < 4.78 is 16.9. The second kappa shape index (κ2) is 6.31. The van der Waals surface area contributed by atoms with Crippen LogP contribution < -0.4 is 5.32 Å². The van der Waals surface area contributed by atoms with E-state index in [0.717, 1.165) is 11.3 Å². The van der Waals surface area contributed by atoms with Gasteiger partial charge in [-0.2, -0.15) is 0 Å². The first-order valence-corrected chi connectivity index (χ1v) is 7.63. The molecule has 2 heterocycles. The third kappa shape index (κ3) is 2.95. The predicted octanol–water partition coefficient (Wildman–Crippen LogP) is 2.73. The molecule has 5 nitrogen and oxygen atoms in total. The average molecular weight is 326 g/mol.